The van der Waals surface area contributed by atoms with Crippen molar-refractivity contribution in [2.75, 3.05) is 33.4 Å². The highest BCUT2D eigenvalue weighted by Crippen LogP contribution is 2.23. The first-order chi connectivity index (χ1) is 13.6. The molecule has 0 spiro atoms. The summed E-state index contributed by atoms with van der Waals surface area (Å²) in [6.45, 7) is 2.54. The lowest BCUT2D eigenvalue weighted by Gasteiger charge is -2.31. The predicted molar refractivity (Wildman–Crippen MR) is 106 cm³/mol. The van der Waals surface area contributed by atoms with Crippen molar-refractivity contribution in [2.24, 2.45) is 13.0 Å². The zero-order chi connectivity index (χ0) is 19.9. The molecule has 0 bridgehead atoms. The van der Waals surface area contributed by atoms with Crippen molar-refractivity contribution in [2.45, 2.75) is 19.3 Å². The van der Waals surface area contributed by atoms with Crippen LogP contribution in [0.4, 0.5) is 0 Å². The molecule has 0 saturated carbocycles. The second-order valence-corrected chi connectivity index (χ2v) is 7.31. The highest BCUT2D eigenvalue weighted by molar-refractivity contribution is 5.94. The number of methoxy groups -OCH3 is 1. The van der Waals surface area contributed by atoms with Gasteiger partial charge < -0.3 is 19.5 Å². The molecule has 150 valence electrons. The quantitative estimate of drug-likeness (QED) is 0.740. The maximum Gasteiger partial charge on any atom is 0.274 e. The van der Waals surface area contributed by atoms with Crippen molar-refractivity contribution in [3.63, 3.8) is 0 Å². The van der Waals surface area contributed by atoms with Crippen LogP contribution in [-0.4, -0.2) is 59.6 Å². The number of likely N-dealkylation sites (tertiary alicyclic amines) is 1. The largest absolute Gasteiger partial charge is 0.383 e. The minimum absolute atomic E-state index is 0.0166. The maximum atomic E-state index is 12.5. The van der Waals surface area contributed by atoms with E-state index in [0.717, 1.165) is 32.4 Å². The van der Waals surface area contributed by atoms with Crippen LogP contribution in [0.2, 0.25) is 0 Å². The summed E-state index contributed by atoms with van der Waals surface area (Å²) in [5.74, 6) is 0.488. The molecule has 7 heteroatoms. The zero-order valence-electron chi connectivity index (χ0n) is 16.6. The number of aromatic nitrogens is 2. The van der Waals surface area contributed by atoms with Gasteiger partial charge in [0.05, 0.1) is 12.9 Å². The lowest BCUT2D eigenvalue weighted by atomic mass is 9.90. The lowest BCUT2D eigenvalue weighted by Crippen LogP contribution is -2.39. The van der Waals surface area contributed by atoms with Crippen molar-refractivity contribution in [3.05, 3.63) is 53.6 Å². The third-order valence-electron chi connectivity index (χ3n) is 5.16. The maximum absolute atomic E-state index is 12.5. The second-order valence-electron chi connectivity index (χ2n) is 7.31. The molecule has 2 amide bonds. The first-order valence-electron chi connectivity index (χ1n) is 9.70. The van der Waals surface area contributed by atoms with E-state index >= 15 is 0 Å². The minimum Gasteiger partial charge on any atom is -0.383 e. The molecule has 1 aliphatic rings. The number of hydrogen-bond donors (Lipinski definition) is 1. The normalized spacial score (nSPS) is 14.9. The van der Waals surface area contributed by atoms with Crippen LogP contribution in [0.1, 0.15) is 39.3 Å². The molecule has 1 fully saturated rings. The van der Waals surface area contributed by atoms with Crippen LogP contribution in [0.5, 0.6) is 0 Å². The molecule has 28 heavy (non-hydrogen) atoms. The van der Waals surface area contributed by atoms with E-state index in [0.29, 0.717) is 30.3 Å². The Morgan fingerprint density at radius 2 is 1.93 bits per heavy atom. The first kappa shape index (κ1) is 20.1. The van der Waals surface area contributed by atoms with Gasteiger partial charge in [-0.25, -0.2) is 4.98 Å². The predicted octanol–water partition coefficient (Wildman–Crippen LogP) is 1.89. The van der Waals surface area contributed by atoms with Gasteiger partial charge in [0.1, 0.15) is 5.69 Å². The Balaban J connectivity index is 1.46. The molecule has 1 saturated heterocycles. The summed E-state index contributed by atoms with van der Waals surface area (Å²) < 4.78 is 6.73. The molecule has 0 atom stereocenters. The first-order valence-corrected chi connectivity index (χ1v) is 9.70. The van der Waals surface area contributed by atoms with Crippen molar-refractivity contribution < 1.29 is 14.3 Å². The molecule has 0 radical (unpaired) electrons. The van der Waals surface area contributed by atoms with E-state index in [1.54, 1.807) is 24.2 Å². The van der Waals surface area contributed by atoms with Gasteiger partial charge in [0.15, 0.2) is 0 Å². The van der Waals surface area contributed by atoms with E-state index in [4.69, 9.17) is 4.74 Å². The van der Waals surface area contributed by atoms with Gasteiger partial charge in [-0.3, -0.25) is 9.59 Å². The molecule has 2 heterocycles. The third kappa shape index (κ3) is 5.19. The average Bonchev–Trinajstić information content (AvgIpc) is 3.15. The van der Waals surface area contributed by atoms with Crippen molar-refractivity contribution in [3.8, 4) is 0 Å². The van der Waals surface area contributed by atoms with Crippen molar-refractivity contribution in [1.82, 2.24) is 19.8 Å². The Hall–Kier alpha value is -2.67. The molecule has 0 unspecified atom stereocenters. The summed E-state index contributed by atoms with van der Waals surface area (Å²) in [6, 6.07) is 7.79. The van der Waals surface area contributed by atoms with Gasteiger partial charge in [-0.05, 0) is 42.9 Å². The summed E-state index contributed by atoms with van der Waals surface area (Å²) in [5.41, 5.74) is 2.40. The number of rotatable bonds is 7. The number of aryl methyl sites for hydroxylation is 1. The molecule has 1 aromatic heterocycles. The Labute approximate surface area is 165 Å². The van der Waals surface area contributed by atoms with Gasteiger partial charge in [0.25, 0.3) is 11.8 Å². The van der Waals surface area contributed by atoms with Crippen LogP contribution in [0, 0.1) is 5.92 Å². The van der Waals surface area contributed by atoms with Crippen LogP contribution >= 0.6 is 0 Å². The summed E-state index contributed by atoms with van der Waals surface area (Å²) in [7, 11) is 3.48. The molecule has 3 rings (SSSR count). The smallest absolute Gasteiger partial charge is 0.274 e. The van der Waals surface area contributed by atoms with Crippen LogP contribution < -0.4 is 5.32 Å². The Kier molecular flexibility index (Phi) is 6.81. The Bertz CT molecular complexity index is 792. The number of piperidine rings is 1. The number of ether oxygens (including phenoxy) is 1. The number of amides is 2. The molecule has 1 aliphatic heterocycles. The zero-order valence-corrected chi connectivity index (χ0v) is 16.6. The van der Waals surface area contributed by atoms with Crippen molar-refractivity contribution in [1.29, 1.82) is 0 Å². The van der Waals surface area contributed by atoms with E-state index in [2.05, 4.69) is 10.3 Å². The van der Waals surface area contributed by atoms with E-state index < -0.39 is 0 Å². The van der Waals surface area contributed by atoms with Gasteiger partial charge >= 0.3 is 0 Å². The van der Waals surface area contributed by atoms with Crippen LogP contribution in [0.25, 0.3) is 0 Å². The van der Waals surface area contributed by atoms with Gasteiger partial charge in [0, 0.05) is 45.6 Å². The summed E-state index contributed by atoms with van der Waals surface area (Å²) in [6.07, 6.45) is 6.36. The standard InChI is InChI=1S/C21H28N4O3/c1-24-14-19(23-15-24)21(27)25-10-7-17(8-11-25)13-16-3-5-18(6-4-16)20(26)22-9-12-28-2/h3-6,14-15,17H,7-13H2,1-2H3,(H,22,26). The van der Waals surface area contributed by atoms with Crippen LogP contribution in [0.3, 0.4) is 0 Å². The van der Waals surface area contributed by atoms with E-state index in [9.17, 15) is 9.59 Å². The van der Waals surface area contributed by atoms with Gasteiger partial charge in [-0.1, -0.05) is 12.1 Å². The number of benzene rings is 1. The number of nitrogens with one attached hydrogen (secondary N) is 1. The summed E-state index contributed by atoms with van der Waals surface area (Å²) in [4.78, 5) is 30.6. The molecular weight excluding hydrogens is 356 g/mol. The molecule has 0 aliphatic carbocycles. The van der Waals surface area contributed by atoms with Crippen molar-refractivity contribution >= 4 is 11.8 Å². The molecule has 1 aromatic carbocycles. The number of carbonyl (C=O) groups is 2. The Morgan fingerprint density at radius 1 is 1.21 bits per heavy atom. The second kappa shape index (κ2) is 9.50. The number of hydrogen-bond acceptors (Lipinski definition) is 4. The van der Waals surface area contributed by atoms with E-state index in [1.165, 1.54) is 5.56 Å². The summed E-state index contributed by atoms with van der Waals surface area (Å²) >= 11 is 0. The number of nitrogens with zero attached hydrogens (tertiary/aromatic N) is 3. The monoisotopic (exact) mass is 384 g/mol. The fourth-order valence-corrected chi connectivity index (χ4v) is 3.52. The number of carbonyl (C=O) groups excluding carboxylic acids is 2. The molecule has 2 aromatic rings. The topological polar surface area (TPSA) is 76.5 Å². The van der Waals surface area contributed by atoms with Crippen LogP contribution in [0.15, 0.2) is 36.8 Å². The van der Waals surface area contributed by atoms with Crippen LogP contribution in [-0.2, 0) is 18.2 Å². The number of imidazole rings is 1. The average molecular weight is 384 g/mol. The Morgan fingerprint density at radius 3 is 2.54 bits per heavy atom. The summed E-state index contributed by atoms with van der Waals surface area (Å²) in [5, 5.41) is 2.82. The fraction of sp³-hybridized carbons (Fsp3) is 0.476. The van der Waals surface area contributed by atoms with Gasteiger partial charge in [0.2, 0.25) is 0 Å². The molecular formula is C21H28N4O3. The molecule has 7 nitrogen and oxygen atoms in total. The van der Waals surface area contributed by atoms with E-state index in [-0.39, 0.29) is 11.8 Å². The van der Waals surface area contributed by atoms with E-state index in [1.807, 2.05) is 36.2 Å². The fourth-order valence-electron chi connectivity index (χ4n) is 3.52. The van der Waals surface area contributed by atoms with Gasteiger partial charge in [-0.2, -0.15) is 0 Å². The minimum atomic E-state index is -0.0788. The van der Waals surface area contributed by atoms with Gasteiger partial charge in [-0.15, -0.1) is 0 Å². The highest BCUT2D eigenvalue weighted by atomic mass is 16.5. The lowest BCUT2D eigenvalue weighted by molar-refractivity contribution is 0.0685. The third-order valence-corrected chi connectivity index (χ3v) is 5.16. The molecule has 1 N–H and O–H groups in total. The highest BCUT2D eigenvalue weighted by Gasteiger charge is 2.25. The SMILES string of the molecule is COCCNC(=O)c1ccc(CC2CCN(C(=O)c3cn(C)cn3)CC2)cc1.